The fraction of sp³-hybridized carbons (Fsp3) is 0.417. The molecule has 0 atom stereocenters. The molecule has 1 aromatic heterocycles. The number of anilines is 1. The predicted octanol–water partition coefficient (Wildman–Crippen LogP) is 4.42. The molecule has 1 saturated heterocycles. The summed E-state index contributed by atoms with van der Waals surface area (Å²) in [5, 5.41) is 2.85. The number of likely N-dealkylation sites (tertiary alicyclic amines) is 1. The summed E-state index contributed by atoms with van der Waals surface area (Å²) in [6.07, 6.45) is -3.12. The minimum Gasteiger partial charge on any atom is -0.497 e. The van der Waals surface area contributed by atoms with Gasteiger partial charge in [-0.1, -0.05) is 12.1 Å². The van der Waals surface area contributed by atoms with Crippen LogP contribution in [0.25, 0.3) is 11.0 Å². The number of nitrogens with zero attached hydrogens (tertiary/aromatic N) is 3. The molecule has 34 heavy (non-hydrogen) atoms. The molecule has 10 heteroatoms. The zero-order valence-electron chi connectivity index (χ0n) is 19.1. The molecule has 1 amide bonds. The Bertz CT molecular complexity index is 1150. The first-order chi connectivity index (χ1) is 16.3. The van der Waals surface area contributed by atoms with E-state index in [0.717, 1.165) is 0 Å². The number of para-hydroxylation sites is 2. The van der Waals surface area contributed by atoms with E-state index in [1.807, 2.05) is 4.90 Å². The summed E-state index contributed by atoms with van der Waals surface area (Å²) < 4.78 is 52.5. The van der Waals surface area contributed by atoms with E-state index < -0.39 is 12.0 Å². The van der Waals surface area contributed by atoms with Crippen LogP contribution in [0.1, 0.15) is 18.7 Å². The number of piperidine rings is 1. The fourth-order valence-electron chi connectivity index (χ4n) is 4.36. The van der Waals surface area contributed by atoms with Crippen molar-refractivity contribution in [3.8, 4) is 11.5 Å². The molecule has 0 saturated carbocycles. The fourth-order valence-corrected chi connectivity index (χ4v) is 4.36. The van der Waals surface area contributed by atoms with Crippen molar-refractivity contribution in [2.24, 2.45) is 5.92 Å². The quantitative estimate of drug-likeness (QED) is 0.547. The molecule has 0 aliphatic carbocycles. The first-order valence-electron chi connectivity index (χ1n) is 11.0. The van der Waals surface area contributed by atoms with E-state index in [-0.39, 0.29) is 24.9 Å². The largest absolute Gasteiger partial charge is 0.497 e. The Morgan fingerprint density at radius 2 is 1.85 bits per heavy atom. The topological polar surface area (TPSA) is 68.6 Å². The summed E-state index contributed by atoms with van der Waals surface area (Å²) in [5.74, 6) is 0.154. The molecule has 1 aliphatic rings. The lowest BCUT2D eigenvalue weighted by atomic mass is 9.96. The van der Waals surface area contributed by atoms with Crippen LogP contribution in [0, 0.1) is 5.92 Å². The molecule has 1 fully saturated rings. The van der Waals surface area contributed by atoms with Crippen LogP contribution in [0.4, 0.5) is 18.9 Å². The average Bonchev–Trinajstić information content (AvgIpc) is 3.19. The van der Waals surface area contributed by atoms with Gasteiger partial charge in [-0.15, -0.1) is 0 Å². The van der Waals surface area contributed by atoms with Gasteiger partial charge in [0.05, 0.1) is 37.5 Å². The third-order valence-corrected chi connectivity index (χ3v) is 6.11. The Hall–Kier alpha value is -3.27. The Morgan fingerprint density at radius 3 is 2.53 bits per heavy atom. The number of amides is 1. The maximum absolute atomic E-state index is 13.6. The number of aromatic nitrogens is 2. The van der Waals surface area contributed by atoms with Gasteiger partial charge in [0, 0.05) is 12.6 Å². The summed E-state index contributed by atoms with van der Waals surface area (Å²) in [5.41, 5.74) is 1.39. The summed E-state index contributed by atoms with van der Waals surface area (Å²) in [7, 11) is 3.07. The van der Waals surface area contributed by atoms with Crippen LogP contribution in [0.15, 0.2) is 42.5 Å². The second-order valence-electron chi connectivity index (χ2n) is 8.37. The van der Waals surface area contributed by atoms with Crippen LogP contribution in [0.2, 0.25) is 0 Å². The van der Waals surface area contributed by atoms with E-state index in [1.165, 1.54) is 11.7 Å². The van der Waals surface area contributed by atoms with Gasteiger partial charge < -0.3 is 19.4 Å². The number of halogens is 3. The number of ether oxygens (including phenoxy) is 2. The number of hydrogen-bond acceptors (Lipinski definition) is 5. The normalized spacial score (nSPS) is 15.4. The van der Waals surface area contributed by atoms with Gasteiger partial charge in [-0.05, 0) is 56.1 Å². The second-order valence-corrected chi connectivity index (χ2v) is 8.37. The average molecular weight is 476 g/mol. The molecule has 0 unspecified atom stereocenters. The number of hydrogen-bond donors (Lipinski definition) is 1. The number of imidazole rings is 1. The number of methoxy groups -OCH3 is 2. The maximum atomic E-state index is 13.6. The van der Waals surface area contributed by atoms with E-state index >= 15 is 0 Å². The Balaban J connectivity index is 1.35. The highest BCUT2D eigenvalue weighted by Gasteiger charge is 2.38. The van der Waals surface area contributed by atoms with Crippen LogP contribution in [0.3, 0.4) is 0 Å². The summed E-state index contributed by atoms with van der Waals surface area (Å²) in [6, 6.07) is 11.8. The number of rotatable bonds is 7. The van der Waals surface area contributed by atoms with E-state index in [9.17, 15) is 18.0 Å². The van der Waals surface area contributed by atoms with Crippen LogP contribution in [-0.2, 0) is 17.5 Å². The van der Waals surface area contributed by atoms with Crippen molar-refractivity contribution >= 4 is 22.6 Å². The highest BCUT2D eigenvalue weighted by Crippen LogP contribution is 2.33. The number of benzene rings is 2. The Kier molecular flexibility index (Phi) is 6.97. The van der Waals surface area contributed by atoms with Gasteiger partial charge in [-0.3, -0.25) is 9.69 Å². The molecule has 1 aliphatic heterocycles. The molecule has 182 valence electrons. The summed E-state index contributed by atoms with van der Waals surface area (Å²) in [4.78, 5) is 18.4. The van der Waals surface area contributed by atoms with Gasteiger partial charge in [-0.25, -0.2) is 4.98 Å². The third-order valence-electron chi connectivity index (χ3n) is 6.11. The van der Waals surface area contributed by atoms with Crippen molar-refractivity contribution in [2.45, 2.75) is 25.6 Å². The summed E-state index contributed by atoms with van der Waals surface area (Å²) >= 11 is 0. The van der Waals surface area contributed by atoms with Gasteiger partial charge in [0.2, 0.25) is 11.7 Å². The lowest BCUT2D eigenvalue weighted by Crippen LogP contribution is -2.40. The zero-order chi connectivity index (χ0) is 24.3. The molecule has 1 N–H and O–H groups in total. The van der Waals surface area contributed by atoms with E-state index in [0.29, 0.717) is 54.2 Å². The standard InChI is InChI=1S/C24H27F3N4O3/c1-33-17-7-8-19(21(13-17)34-2)28-22(32)15-30-11-9-16(10-12-30)14-31-20-6-4-3-5-18(20)29-23(31)24(25,26)27/h3-8,13,16H,9-12,14-15H2,1-2H3,(H,28,32). The van der Waals surface area contributed by atoms with Crippen molar-refractivity contribution in [2.75, 3.05) is 39.2 Å². The number of carbonyl (C=O) groups excluding carboxylic acids is 1. The van der Waals surface area contributed by atoms with Crippen molar-refractivity contribution in [1.29, 1.82) is 0 Å². The minimum atomic E-state index is -4.51. The van der Waals surface area contributed by atoms with Crippen molar-refractivity contribution < 1.29 is 27.4 Å². The first kappa shape index (κ1) is 23.9. The lowest BCUT2D eigenvalue weighted by Gasteiger charge is -2.32. The van der Waals surface area contributed by atoms with E-state index in [1.54, 1.807) is 49.6 Å². The molecule has 4 rings (SSSR count). The molecule has 0 radical (unpaired) electrons. The molecule has 0 spiro atoms. The number of carbonyl (C=O) groups is 1. The van der Waals surface area contributed by atoms with Gasteiger partial charge >= 0.3 is 6.18 Å². The molecule has 0 bridgehead atoms. The Labute approximate surface area is 195 Å². The van der Waals surface area contributed by atoms with Crippen molar-refractivity contribution in [1.82, 2.24) is 14.5 Å². The van der Waals surface area contributed by atoms with Gasteiger partial charge in [0.25, 0.3) is 0 Å². The molecule has 3 aromatic rings. The van der Waals surface area contributed by atoms with Gasteiger partial charge in [0.15, 0.2) is 0 Å². The molecular weight excluding hydrogens is 449 g/mol. The lowest BCUT2D eigenvalue weighted by molar-refractivity contribution is -0.147. The number of nitrogens with one attached hydrogen (secondary N) is 1. The third kappa shape index (κ3) is 5.27. The van der Waals surface area contributed by atoms with Crippen LogP contribution in [0.5, 0.6) is 11.5 Å². The SMILES string of the molecule is COc1ccc(NC(=O)CN2CCC(Cn3c(C(F)(F)F)nc4ccccc43)CC2)c(OC)c1. The highest BCUT2D eigenvalue weighted by molar-refractivity contribution is 5.93. The monoisotopic (exact) mass is 476 g/mol. The highest BCUT2D eigenvalue weighted by atomic mass is 19.4. The maximum Gasteiger partial charge on any atom is 0.449 e. The van der Waals surface area contributed by atoms with Crippen LogP contribution < -0.4 is 14.8 Å². The van der Waals surface area contributed by atoms with Crippen molar-refractivity contribution in [3.05, 3.63) is 48.3 Å². The number of fused-ring (bicyclic) bond motifs is 1. The molecule has 7 nitrogen and oxygen atoms in total. The second kappa shape index (κ2) is 9.92. The first-order valence-corrected chi connectivity index (χ1v) is 11.0. The van der Waals surface area contributed by atoms with Gasteiger partial charge in [0.1, 0.15) is 11.5 Å². The smallest absolute Gasteiger partial charge is 0.449 e. The van der Waals surface area contributed by atoms with E-state index in [2.05, 4.69) is 10.3 Å². The van der Waals surface area contributed by atoms with Crippen molar-refractivity contribution in [3.63, 3.8) is 0 Å². The summed E-state index contributed by atoms with van der Waals surface area (Å²) in [6.45, 7) is 1.71. The molecule has 2 heterocycles. The zero-order valence-corrected chi connectivity index (χ0v) is 19.1. The van der Waals surface area contributed by atoms with Crippen LogP contribution >= 0.6 is 0 Å². The van der Waals surface area contributed by atoms with Gasteiger partial charge in [-0.2, -0.15) is 13.2 Å². The van der Waals surface area contributed by atoms with E-state index in [4.69, 9.17) is 9.47 Å². The minimum absolute atomic E-state index is 0.0692. The van der Waals surface area contributed by atoms with Crippen LogP contribution in [-0.4, -0.2) is 54.2 Å². The number of alkyl halides is 3. The predicted molar refractivity (Wildman–Crippen MR) is 122 cm³/mol. The molecule has 2 aromatic carbocycles. The molecular formula is C24H27F3N4O3. The Morgan fingerprint density at radius 1 is 1.12 bits per heavy atom.